The van der Waals surface area contributed by atoms with Gasteiger partial charge in [0, 0.05) is 26.7 Å². The summed E-state index contributed by atoms with van der Waals surface area (Å²) in [5, 5.41) is 3.58. The first-order valence-electron chi connectivity index (χ1n) is 9.76. The molecule has 2 fully saturated rings. The zero-order valence-corrected chi connectivity index (χ0v) is 15.9. The van der Waals surface area contributed by atoms with Gasteiger partial charge in [-0.05, 0) is 69.5 Å². The SMILES string of the molecule is CN=C(NCCCCN1CCC(C)CC1)N1CC(C)CC(C)C1. The van der Waals surface area contributed by atoms with E-state index in [1.165, 1.54) is 51.7 Å². The summed E-state index contributed by atoms with van der Waals surface area (Å²) in [6.45, 7) is 14.3. The van der Waals surface area contributed by atoms with Gasteiger partial charge in [0.2, 0.25) is 0 Å². The molecule has 23 heavy (non-hydrogen) atoms. The van der Waals surface area contributed by atoms with E-state index in [4.69, 9.17) is 0 Å². The monoisotopic (exact) mass is 322 g/mol. The fourth-order valence-electron chi connectivity index (χ4n) is 4.11. The first kappa shape index (κ1) is 18.6. The molecule has 2 aliphatic rings. The standard InChI is InChI=1S/C19H38N4/c1-16-7-11-22(12-8-16)10-6-5-9-21-19(20-4)23-14-17(2)13-18(3)15-23/h16-18H,5-15H2,1-4H3,(H,20,21). The predicted molar refractivity (Wildman–Crippen MR) is 100.0 cm³/mol. The summed E-state index contributed by atoms with van der Waals surface area (Å²) in [5.74, 6) is 3.60. The normalized spacial score (nSPS) is 28.2. The molecule has 2 saturated heterocycles. The second-order valence-electron chi connectivity index (χ2n) is 8.06. The van der Waals surface area contributed by atoms with Gasteiger partial charge in [-0.15, -0.1) is 0 Å². The molecule has 4 heteroatoms. The molecule has 4 nitrogen and oxygen atoms in total. The van der Waals surface area contributed by atoms with Gasteiger partial charge in [-0.25, -0.2) is 0 Å². The molecule has 0 amide bonds. The van der Waals surface area contributed by atoms with Gasteiger partial charge in [-0.1, -0.05) is 20.8 Å². The van der Waals surface area contributed by atoms with Gasteiger partial charge in [-0.3, -0.25) is 4.99 Å². The van der Waals surface area contributed by atoms with Crippen LogP contribution in [0.15, 0.2) is 4.99 Å². The van der Waals surface area contributed by atoms with E-state index in [9.17, 15) is 0 Å². The lowest BCUT2D eigenvalue weighted by molar-refractivity contribution is 0.189. The highest BCUT2D eigenvalue weighted by atomic mass is 15.3. The fourth-order valence-corrected chi connectivity index (χ4v) is 4.11. The molecule has 0 bridgehead atoms. The van der Waals surface area contributed by atoms with Gasteiger partial charge >= 0.3 is 0 Å². The predicted octanol–water partition coefficient (Wildman–Crippen LogP) is 3.05. The summed E-state index contributed by atoms with van der Waals surface area (Å²) in [4.78, 5) is 9.59. The lowest BCUT2D eigenvalue weighted by atomic mass is 9.92. The Hall–Kier alpha value is -0.770. The minimum atomic E-state index is 0.777. The van der Waals surface area contributed by atoms with Crippen molar-refractivity contribution in [3.05, 3.63) is 0 Å². The van der Waals surface area contributed by atoms with E-state index in [1.807, 2.05) is 7.05 Å². The number of aliphatic imine (C=N–C) groups is 1. The topological polar surface area (TPSA) is 30.9 Å². The fraction of sp³-hybridized carbons (Fsp3) is 0.947. The second kappa shape index (κ2) is 9.51. The molecule has 0 aliphatic carbocycles. The molecule has 0 aromatic rings. The summed E-state index contributed by atoms with van der Waals surface area (Å²) in [6.07, 6.45) is 6.66. The summed E-state index contributed by atoms with van der Waals surface area (Å²) < 4.78 is 0. The number of rotatable bonds is 5. The Balaban J connectivity index is 1.60. The van der Waals surface area contributed by atoms with Crippen molar-refractivity contribution in [3.8, 4) is 0 Å². The minimum Gasteiger partial charge on any atom is -0.356 e. The van der Waals surface area contributed by atoms with Crippen LogP contribution in [0, 0.1) is 17.8 Å². The molecule has 2 rings (SSSR count). The maximum atomic E-state index is 4.50. The van der Waals surface area contributed by atoms with Gasteiger partial charge in [0.25, 0.3) is 0 Å². The summed E-state index contributed by atoms with van der Waals surface area (Å²) in [5.41, 5.74) is 0. The maximum absolute atomic E-state index is 4.50. The van der Waals surface area contributed by atoms with Crippen molar-refractivity contribution in [1.29, 1.82) is 0 Å². The number of piperidine rings is 2. The zero-order valence-electron chi connectivity index (χ0n) is 15.9. The molecule has 2 heterocycles. The van der Waals surface area contributed by atoms with E-state index < -0.39 is 0 Å². The lowest BCUT2D eigenvalue weighted by Gasteiger charge is -2.37. The van der Waals surface area contributed by atoms with Crippen molar-refractivity contribution in [2.75, 3.05) is 46.3 Å². The van der Waals surface area contributed by atoms with Crippen LogP contribution in [0.3, 0.4) is 0 Å². The smallest absolute Gasteiger partial charge is 0.193 e. The molecule has 0 radical (unpaired) electrons. The molecule has 0 aromatic carbocycles. The van der Waals surface area contributed by atoms with Crippen molar-refractivity contribution < 1.29 is 0 Å². The average molecular weight is 323 g/mol. The molecule has 0 aromatic heterocycles. The molecule has 0 saturated carbocycles. The zero-order chi connectivity index (χ0) is 16.7. The van der Waals surface area contributed by atoms with Gasteiger partial charge in [0.05, 0.1) is 0 Å². The quantitative estimate of drug-likeness (QED) is 0.479. The van der Waals surface area contributed by atoms with Crippen LogP contribution in [0.5, 0.6) is 0 Å². The third-order valence-electron chi connectivity index (χ3n) is 5.44. The molecule has 2 unspecified atom stereocenters. The van der Waals surface area contributed by atoms with Crippen LogP contribution < -0.4 is 5.32 Å². The first-order valence-corrected chi connectivity index (χ1v) is 9.76. The van der Waals surface area contributed by atoms with Crippen molar-refractivity contribution in [1.82, 2.24) is 15.1 Å². The van der Waals surface area contributed by atoms with Gasteiger partial charge in [-0.2, -0.15) is 0 Å². The molecule has 2 atom stereocenters. The second-order valence-corrected chi connectivity index (χ2v) is 8.06. The Bertz CT molecular complexity index is 350. The average Bonchev–Trinajstić information content (AvgIpc) is 2.51. The Morgan fingerprint density at radius 2 is 1.65 bits per heavy atom. The molecule has 2 aliphatic heterocycles. The third kappa shape index (κ3) is 6.33. The number of hydrogen-bond acceptors (Lipinski definition) is 2. The van der Waals surface area contributed by atoms with Crippen molar-refractivity contribution >= 4 is 5.96 Å². The number of nitrogens with one attached hydrogen (secondary N) is 1. The van der Waals surface area contributed by atoms with E-state index in [-0.39, 0.29) is 0 Å². The molecule has 0 spiro atoms. The largest absolute Gasteiger partial charge is 0.356 e. The number of nitrogens with zero attached hydrogens (tertiary/aromatic N) is 3. The lowest BCUT2D eigenvalue weighted by Crippen LogP contribution is -2.48. The highest BCUT2D eigenvalue weighted by molar-refractivity contribution is 5.79. The maximum Gasteiger partial charge on any atom is 0.193 e. The Kier molecular flexibility index (Phi) is 7.68. The minimum absolute atomic E-state index is 0.777. The number of hydrogen-bond donors (Lipinski definition) is 1. The van der Waals surface area contributed by atoms with Crippen LogP contribution in [0.2, 0.25) is 0 Å². The first-order chi connectivity index (χ1) is 11.1. The van der Waals surface area contributed by atoms with Crippen molar-refractivity contribution in [3.63, 3.8) is 0 Å². The van der Waals surface area contributed by atoms with Crippen molar-refractivity contribution in [2.24, 2.45) is 22.7 Å². The summed E-state index contributed by atoms with van der Waals surface area (Å²) in [7, 11) is 1.92. The van der Waals surface area contributed by atoms with Crippen LogP contribution in [-0.4, -0.2) is 62.1 Å². The number of unbranched alkanes of at least 4 members (excludes halogenated alkanes) is 1. The van der Waals surface area contributed by atoms with Gasteiger partial charge < -0.3 is 15.1 Å². The van der Waals surface area contributed by atoms with Crippen LogP contribution >= 0.6 is 0 Å². The molecule has 134 valence electrons. The van der Waals surface area contributed by atoms with Crippen LogP contribution in [0.4, 0.5) is 0 Å². The van der Waals surface area contributed by atoms with Gasteiger partial charge in [0.15, 0.2) is 5.96 Å². The van der Waals surface area contributed by atoms with E-state index in [0.29, 0.717) is 0 Å². The highest BCUT2D eigenvalue weighted by Gasteiger charge is 2.23. The van der Waals surface area contributed by atoms with Crippen molar-refractivity contribution in [2.45, 2.75) is 52.9 Å². The summed E-state index contributed by atoms with van der Waals surface area (Å²) >= 11 is 0. The van der Waals surface area contributed by atoms with E-state index in [1.54, 1.807) is 0 Å². The van der Waals surface area contributed by atoms with E-state index >= 15 is 0 Å². The highest BCUT2D eigenvalue weighted by Crippen LogP contribution is 2.21. The molecule has 1 N–H and O–H groups in total. The van der Waals surface area contributed by atoms with Crippen LogP contribution in [0.1, 0.15) is 52.9 Å². The van der Waals surface area contributed by atoms with E-state index in [0.717, 1.165) is 43.3 Å². The number of guanidine groups is 1. The summed E-state index contributed by atoms with van der Waals surface area (Å²) in [6, 6.07) is 0. The Labute approximate surface area is 143 Å². The van der Waals surface area contributed by atoms with Crippen LogP contribution in [0.25, 0.3) is 0 Å². The van der Waals surface area contributed by atoms with Crippen LogP contribution in [-0.2, 0) is 0 Å². The third-order valence-corrected chi connectivity index (χ3v) is 5.44. The Morgan fingerprint density at radius 1 is 1.00 bits per heavy atom. The van der Waals surface area contributed by atoms with Gasteiger partial charge in [0.1, 0.15) is 0 Å². The van der Waals surface area contributed by atoms with E-state index in [2.05, 4.69) is 40.9 Å². The molecular weight excluding hydrogens is 284 g/mol. The number of likely N-dealkylation sites (tertiary alicyclic amines) is 2. The molecular formula is C19H38N4. The Morgan fingerprint density at radius 3 is 2.26 bits per heavy atom.